The number of aldehydes is 1. The fourth-order valence-electron chi connectivity index (χ4n) is 2.50. The third-order valence-electron chi connectivity index (χ3n) is 3.66. The third kappa shape index (κ3) is 3.94. The molecule has 0 atom stereocenters. The van der Waals surface area contributed by atoms with E-state index >= 15 is 0 Å². The number of carbonyl (C=O) groups excluding carboxylic acids is 2. The van der Waals surface area contributed by atoms with Crippen molar-refractivity contribution in [3.05, 3.63) is 66.9 Å². The predicted molar refractivity (Wildman–Crippen MR) is 111 cm³/mol. The summed E-state index contributed by atoms with van der Waals surface area (Å²) >= 11 is 18.8. The van der Waals surface area contributed by atoms with Crippen molar-refractivity contribution in [1.29, 1.82) is 0 Å². The summed E-state index contributed by atoms with van der Waals surface area (Å²) in [7, 11) is 1.55. The molecule has 6 nitrogen and oxygen atoms in total. The van der Waals surface area contributed by atoms with Crippen molar-refractivity contribution in [2.45, 2.75) is 0 Å². The molecule has 10 heteroatoms. The molecule has 138 valence electrons. The zero-order valence-corrected chi connectivity index (χ0v) is 18.3. The van der Waals surface area contributed by atoms with Gasteiger partial charge in [0.25, 0.3) is 5.91 Å². The zero-order valence-electron chi connectivity index (χ0n) is 13.7. The Kier molecular flexibility index (Phi) is 6.00. The highest BCUT2D eigenvalue weighted by molar-refractivity contribution is 9.10. The van der Waals surface area contributed by atoms with E-state index < -0.39 is 5.91 Å². The molecule has 1 amide bonds. The fourth-order valence-corrected chi connectivity index (χ4v) is 4.18. The van der Waals surface area contributed by atoms with E-state index in [4.69, 9.17) is 23.2 Å². The number of nitrogens with zero attached hydrogens (tertiary/aromatic N) is 4. The van der Waals surface area contributed by atoms with Crippen LogP contribution in [0.15, 0.2) is 45.6 Å². The highest BCUT2D eigenvalue weighted by atomic mass is 79.9. The Hall–Kier alpha value is -1.74. The van der Waals surface area contributed by atoms with Crippen molar-refractivity contribution in [1.82, 2.24) is 14.8 Å². The Labute approximate surface area is 181 Å². The van der Waals surface area contributed by atoms with Crippen LogP contribution in [-0.4, -0.2) is 34.0 Å². The van der Waals surface area contributed by atoms with E-state index in [0.29, 0.717) is 36.9 Å². The van der Waals surface area contributed by atoms with Crippen LogP contribution in [0.2, 0.25) is 10.0 Å². The second-order valence-electron chi connectivity index (χ2n) is 5.38. The molecule has 0 spiro atoms. The molecule has 0 aliphatic rings. The molecule has 0 radical (unpaired) electrons. The maximum absolute atomic E-state index is 13.2. The van der Waals surface area contributed by atoms with Gasteiger partial charge in [-0.3, -0.25) is 9.59 Å². The van der Waals surface area contributed by atoms with Crippen LogP contribution in [0.5, 0.6) is 0 Å². The first-order valence-electron chi connectivity index (χ1n) is 7.42. The van der Waals surface area contributed by atoms with Gasteiger partial charge in [0.1, 0.15) is 10.3 Å². The molecule has 0 unspecified atom stereocenters. The Morgan fingerprint density at radius 1 is 1.26 bits per heavy atom. The summed E-state index contributed by atoms with van der Waals surface area (Å²) in [4.78, 5) is 30.2. The lowest BCUT2D eigenvalue weighted by molar-refractivity contribution is 0.0985. The summed E-state index contributed by atoms with van der Waals surface area (Å²) in [5.41, 5.74) is 0.866. The minimum atomic E-state index is -0.416. The summed E-state index contributed by atoms with van der Waals surface area (Å²) in [6, 6.07) is 7.98. The van der Waals surface area contributed by atoms with Crippen LogP contribution in [0, 0.1) is 0 Å². The van der Waals surface area contributed by atoms with Crippen LogP contribution in [0.1, 0.15) is 20.8 Å². The topological polar surface area (TPSA) is 68.1 Å². The van der Waals surface area contributed by atoms with E-state index in [9.17, 15) is 9.59 Å². The Balaban J connectivity index is 2.11. The molecule has 2 heterocycles. The molecule has 27 heavy (non-hydrogen) atoms. The number of hydrogen-bond donors (Lipinski definition) is 0. The molecule has 0 N–H and O–H groups in total. The first kappa shape index (κ1) is 20.0. The normalized spacial score (nSPS) is 10.7. The average Bonchev–Trinajstić information content (AvgIpc) is 3.01. The van der Waals surface area contributed by atoms with E-state index in [1.807, 2.05) is 0 Å². The number of benzene rings is 1. The molecule has 2 aromatic heterocycles. The van der Waals surface area contributed by atoms with Gasteiger partial charge in [0.15, 0.2) is 12.1 Å². The smallest absolute Gasteiger partial charge is 0.276 e. The quantitative estimate of drug-likeness (QED) is 0.434. The van der Waals surface area contributed by atoms with Gasteiger partial charge < -0.3 is 4.90 Å². The van der Waals surface area contributed by atoms with E-state index in [2.05, 4.69) is 41.9 Å². The highest BCUT2D eigenvalue weighted by Crippen LogP contribution is 2.33. The number of halogens is 4. The van der Waals surface area contributed by atoms with Gasteiger partial charge in [0.05, 0.1) is 10.7 Å². The van der Waals surface area contributed by atoms with E-state index in [0.717, 1.165) is 0 Å². The molecule has 3 aromatic rings. The first-order valence-corrected chi connectivity index (χ1v) is 9.76. The van der Waals surface area contributed by atoms with Crippen molar-refractivity contribution >= 4 is 72.9 Å². The maximum Gasteiger partial charge on any atom is 0.276 e. The third-order valence-corrected chi connectivity index (χ3v) is 5.17. The first-order chi connectivity index (χ1) is 12.8. The van der Waals surface area contributed by atoms with Gasteiger partial charge in [-0.1, -0.05) is 23.2 Å². The van der Waals surface area contributed by atoms with Gasteiger partial charge in [-0.15, -0.1) is 0 Å². The van der Waals surface area contributed by atoms with Crippen molar-refractivity contribution in [3.8, 4) is 5.82 Å². The fraction of sp³-hybridized carbons (Fsp3) is 0.0588. The summed E-state index contributed by atoms with van der Waals surface area (Å²) in [6.07, 6.45) is 2.19. The minimum Gasteiger partial charge on any atom is -0.308 e. The molecule has 0 fully saturated rings. The van der Waals surface area contributed by atoms with E-state index in [1.54, 1.807) is 37.5 Å². The number of aromatic nitrogens is 3. The number of anilines is 1. The molecule has 0 aliphatic heterocycles. The van der Waals surface area contributed by atoms with Gasteiger partial charge >= 0.3 is 0 Å². The predicted octanol–water partition coefficient (Wildman–Crippen LogP) is 5.19. The highest BCUT2D eigenvalue weighted by Gasteiger charge is 2.25. The summed E-state index contributed by atoms with van der Waals surface area (Å²) in [6.45, 7) is 0. The molecule has 0 bridgehead atoms. The summed E-state index contributed by atoms with van der Waals surface area (Å²) in [5.74, 6) is -0.103. The lowest BCUT2D eigenvalue weighted by atomic mass is 10.1. The van der Waals surface area contributed by atoms with E-state index in [-0.39, 0.29) is 11.3 Å². The van der Waals surface area contributed by atoms with Gasteiger partial charge in [0, 0.05) is 34.4 Å². The van der Waals surface area contributed by atoms with Gasteiger partial charge in [-0.25, -0.2) is 9.67 Å². The lowest BCUT2D eigenvalue weighted by Gasteiger charge is -2.21. The molecule has 0 aliphatic carbocycles. The molecule has 0 saturated carbocycles. The molecular formula is C17H10Br2Cl2N4O2. The lowest BCUT2D eigenvalue weighted by Crippen LogP contribution is -2.30. The van der Waals surface area contributed by atoms with Crippen molar-refractivity contribution in [2.75, 3.05) is 11.9 Å². The maximum atomic E-state index is 13.2. The Morgan fingerprint density at radius 2 is 2.00 bits per heavy atom. The summed E-state index contributed by atoms with van der Waals surface area (Å²) < 4.78 is 2.29. The minimum absolute atomic E-state index is 0.212. The second-order valence-corrected chi connectivity index (χ2v) is 7.89. The van der Waals surface area contributed by atoms with Gasteiger partial charge in [-0.2, -0.15) is 5.10 Å². The van der Waals surface area contributed by atoms with E-state index in [1.165, 1.54) is 15.6 Å². The van der Waals surface area contributed by atoms with Crippen LogP contribution < -0.4 is 4.90 Å². The molecule has 1 aromatic carbocycles. The second kappa shape index (κ2) is 8.10. The van der Waals surface area contributed by atoms with Crippen LogP contribution in [0.25, 0.3) is 5.82 Å². The Bertz CT molecular complexity index is 1060. The van der Waals surface area contributed by atoms with Crippen LogP contribution in [-0.2, 0) is 0 Å². The van der Waals surface area contributed by atoms with Crippen LogP contribution in [0.3, 0.4) is 0 Å². The SMILES string of the molecule is CN(C(=O)c1cc(Br)nn1-c1ncccc1Cl)c1c(Br)cc(Cl)cc1C=O. The number of pyridine rings is 1. The van der Waals surface area contributed by atoms with Gasteiger partial charge in [0.2, 0.25) is 0 Å². The molecule has 0 saturated heterocycles. The molecular weight excluding hydrogens is 523 g/mol. The zero-order chi connectivity index (χ0) is 19.7. The van der Waals surface area contributed by atoms with Crippen molar-refractivity contribution < 1.29 is 9.59 Å². The van der Waals surface area contributed by atoms with Crippen LogP contribution in [0.4, 0.5) is 5.69 Å². The monoisotopic (exact) mass is 530 g/mol. The number of amides is 1. The number of rotatable bonds is 4. The van der Waals surface area contributed by atoms with Crippen molar-refractivity contribution in [3.63, 3.8) is 0 Å². The molecule has 3 rings (SSSR count). The average molecular weight is 533 g/mol. The number of hydrogen-bond acceptors (Lipinski definition) is 4. The van der Waals surface area contributed by atoms with Crippen LogP contribution >= 0.6 is 55.1 Å². The van der Waals surface area contributed by atoms with Gasteiger partial charge in [-0.05, 0) is 56.1 Å². The Morgan fingerprint density at radius 3 is 2.67 bits per heavy atom. The number of carbonyl (C=O) groups is 2. The summed E-state index contributed by atoms with van der Waals surface area (Å²) in [5, 5.41) is 4.97. The van der Waals surface area contributed by atoms with Crippen molar-refractivity contribution in [2.24, 2.45) is 0 Å². The largest absolute Gasteiger partial charge is 0.308 e. The standard InChI is InChI=1S/C17H10Br2Cl2N4O2/c1-24(15-9(8-26)5-10(20)6-11(15)18)17(27)13-7-14(19)23-25(13)16-12(21)3-2-4-22-16/h2-8H,1H3.